The van der Waals surface area contributed by atoms with Crippen molar-refractivity contribution in [1.29, 1.82) is 0 Å². The van der Waals surface area contributed by atoms with Gasteiger partial charge in [0.05, 0.1) is 12.7 Å². The van der Waals surface area contributed by atoms with Gasteiger partial charge in [-0.25, -0.2) is 0 Å². The van der Waals surface area contributed by atoms with Gasteiger partial charge in [0.15, 0.2) is 0 Å². The maximum Gasteiger partial charge on any atom is 0.303 e. The molecule has 0 aliphatic rings. The highest BCUT2D eigenvalue weighted by Crippen LogP contribution is 2.30. The van der Waals surface area contributed by atoms with Gasteiger partial charge in [-0.1, -0.05) is 111 Å². The molecule has 5 nitrogen and oxygen atoms in total. The number of carbonyl (C=O) groups is 1. The van der Waals surface area contributed by atoms with Crippen molar-refractivity contribution in [2.75, 3.05) is 13.2 Å². The molecule has 5 heteroatoms. The second-order valence-corrected chi connectivity index (χ2v) is 10.0. The molecule has 0 aromatic heterocycles. The molecule has 0 aliphatic carbocycles. The van der Waals surface area contributed by atoms with E-state index in [0.717, 1.165) is 19.3 Å². The van der Waals surface area contributed by atoms with Crippen LogP contribution in [-0.4, -0.2) is 46.7 Å². The summed E-state index contributed by atoms with van der Waals surface area (Å²) < 4.78 is 5.81. The normalized spacial score (nSPS) is 15.3. The minimum Gasteiger partial charge on any atom is -0.481 e. The minimum absolute atomic E-state index is 0.131. The number of aliphatic hydroxyl groups excluding tert-OH is 2. The molecule has 33 heavy (non-hydrogen) atoms. The van der Waals surface area contributed by atoms with Crippen LogP contribution in [0.25, 0.3) is 0 Å². The molecule has 0 amide bonds. The van der Waals surface area contributed by atoms with Crippen molar-refractivity contribution < 1.29 is 24.9 Å². The summed E-state index contributed by atoms with van der Waals surface area (Å²) in [6, 6.07) is 0. The van der Waals surface area contributed by atoms with E-state index in [9.17, 15) is 15.0 Å². The van der Waals surface area contributed by atoms with E-state index in [2.05, 4.69) is 20.8 Å². The van der Waals surface area contributed by atoms with E-state index in [4.69, 9.17) is 9.84 Å². The summed E-state index contributed by atoms with van der Waals surface area (Å²) in [6.07, 6.45) is 18.6. The fourth-order valence-corrected chi connectivity index (χ4v) is 4.74. The monoisotopic (exact) mass is 472 g/mol. The van der Waals surface area contributed by atoms with Crippen molar-refractivity contribution in [3.63, 3.8) is 0 Å². The molecule has 0 aromatic carbocycles. The predicted octanol–water partition coefficient (Wildman–Crippen LogP) is 7.12. The fourth-order valence-electron chi connectivity index (χ4n) is 4.74. The second kappa shape index (κ2) is 23.1. The van der Waals surface area contributed by atoms with E-state index in [1.54, 1.807) is 0 Å². The molecule has 4 unspecified atom stereocenters. The SMILES string of the molecule is CCCCCCCCCCCC(C(C)CCCCCC)C(O)C(CO)OCCCCC(=O)O. The Bertz CT molecular complexity index is 429. The van der Waals surface area contributed by atoms with E-state index >= 15 is 0 Å². The highest BCUT2D eigenvalue weighted by Gasteiger charge is 2.31. The number of carboxylic acids is 1. The van der Waals surface area contributed by atoms with E-state index in [0.29, 0.717) is 25.4 Å². The van der Waals surface area contributed by atoms with Crippen LogP contribution in [0.5, 0.6) is 0 Å². The number of aliphatic carboxylic acids is 1. The van der Waals surface area contributed by atoms with Gasteiger partial charge in [-0.3, -0.25) is 4.79 Å². The van der Waals surface area contributed by atoms with Gasteiger partial charge in [0.1, 0.15) is 6.10 Å². The first kappa shape index (κ1) is 32.4. The van der Waals surface area contributed by atoms with Crippen LogP contribution in [0.1, 0.15) is 136 Å². The molecule has 198 valence electrons. The first-order chi connectivity index (χ1) is 16.0. The van der Waals surface area contributed by atoms with Crippen molar-refractivity contribution in [3.8, 4) is 0 Å². The van der Waals surface area contributed by atoms with Gasteiger partial charge in [-0.15, -0.1) is 0 Å². The van der Waals surface area contributed by atoms with Crippen LogP contribution in [0.15, 0.2) is 0 Å². The van der Waals surface area contributed by atoms with Gasteiger partial charge >= 0.3 is 5.97 Å². The Morgan fingerprint density at radius 1 is 0.758 bits per heavy atom. The van der Waals surface area contributed by atoms with Gasteiger partial charge in [-0.2, -0.15) is 0 Å². The third-order valence-electron chi connectivity index (χ3n) is 7.00. The molecular formula is C28H56O5. The third-order valence-corrected chi connectivity index (χ3v) is 7.00. The Labute approximate surface area is 204 Å². The molecular weight excluding hydrogens is 416 g/mol. The summed E-state index contributed by atoms with van der Waals surface area (Å²) >= 11 is 0. The maximum atomic E-state index is 11.1. The number of carboxylic acid groups (broad SMARTS) is 1. The number of unbranched alkanes of at least 4 members (excludes halogenated alkanes) is 12. The quantitative estimate of drug-likeness (QED) is 0.123. The zero-order valence-electron chi connectivity index (χ0n) is 22.1. The van der Waals surface area contributed by atoms with Crippen molar-refractivity contribution in [2.45, 2.75) is 149 Å². The molecule has 0 spiro atoms. The van der Waals surface area contributed by atoms with Crippen LogP contribution in [0.2, 0.25) is 0 Å². The van der Waals surface area contributed by atoms with Crippen molar-refractivity contribution in [1.82, 2.24) is 0 Å². The molecule has 0 rings (SSSR count). The van der Waals surface area contributed by atoms with Crippen molar-refractivity contribution in [3.05, 3.63) is 0 Å². The molecule has 0 saturated heterocycles. The Balaban J connectivity index is 4.56. The fraction of sp³-hybridized carbons (Fsp3) is 0.964. The number of rotatable bonds is 25. The summed E-state index contributed by atoms with van der Waals surface area (Å²) in [4.78, 5) is 10.7. The van der Waals surface area contributed by atoms with E-state index in [1.165, 1.54) is 77.0 Å². The molecule has 0 aliphatic heterocycles. The molecule has 4 atom stereocenters. The average molecular weight is 473 g/mol. The van der Waals surface area contributed by atoms with Crippen molar-refractivity contribution in [2.24, 2.45) is 11.8 Å². The molecule has 0 bridgehead atoms. The smallest absolute Gasteiger partial charge is 0.303 e. The minimum atomic E-state index is -0.799. The lowest BCUT2D eigenvalue weighted by molar-refractivity contribution is -0.137. The predicted molar refractivity (Wildman–Crippen MR) is 138 cm³/mol. The average Bonchev–Trinajstić information content (AvgIpc) is 2.79. The lowest BCUT2D eigenvalue weighted by atomic mass is 9.79. The van der Waals surface area contributed by atoms with Gasteiger partial charge in [0, 0.05) is 13.0 Å². The first-order valence-electron chi connectivity index (χ1n) is 14.1. The summed E-state index contributed by atoms with van der Waals surface area (Å²) in [6.45, 7) is 6.90. The summed E-state index contributed by atoms with van der Waals surface area (Å²) in [5.41, 5.74) is 0. The van der Waals surface area contributed by atoms with Crippen LogP contribution < -0.4 is 0 Å². The van der Waals surface area contributed by atoms with Gasteiger partial charge < -0.3 is 20.1 Å². The summed E-state index contributed by atoms with van der Waals surface area (Å²) in [5, 5.41) is 29.8. The van der Waals surface area contributed by atoms with Crippen LogP contribution in [0.3, 0.4) is 0 Å². The summed E-state index contributed by atoms with van der Waals surface area (Å²) in [5.74, 6) is -0.269. The van der Waals surface area contributed by atoms with E-state index in [-0.39, 0.29) is 18.9 Å². The van der Waals surface area contributed by atoms with Crippen LogP contribution in [-0.2, 0) is 9.53 Å². The summed E-state index contributed by atoms with van der Waals surface area (Å²) in [7, 11) is 0. The zero-order valence-corrected chi connectivity index (χ0v) is 22.1. The lowest BCUT2D eigenvalue weighted by Crippen LogP contribution is -2.41. The Hall–Kier alpha value is -0.650. The van der Waals surface area contributed by atoms with Gasteiger partial charge in [-0.05, 0) is 31.1 Å². The zero-order chi connectivity index (χ0) is 24.7. The van der Waals surface area contributed by atoms with Crippen LogP contribution >= 0.6 is 0 Å². The standard InChI is InChI=1S/C28H56O5/c1-4-6-8-10-11-12-13-14-16-20-25(24(3)19-15-9-7-5-2)28(32)26(23-29)33-22-18-17-21-27(30)31/h24-26,28-29,32H,4-23H2,1-3H3,(H,30,31). The largest absolute Gasteiger partial charge is 0.481 e. The van der Waals surface area contributed by atoms with Crippen molar-refractivity contribution >= 4 is 5.97 Å². The van der Waals surface area contributed by atoms with Crippen LogP contribution in [0, 0.1) is 11.8 Å². The van der Waals surface area contributed by atoms with E-state index < -0.39 is 18.2 Å². The second-order valence-electron chi connectivity index (χ2n) is 10.0. The molecule has 3 N–H and O–H groups in total. The molecule has 0 aromatic rings. The number of hydrogen-bond acceptors (Lipinski definition) is 4. The van der Waals surface area contributed by atoms with Gasteiger partial charge in [0.25, 0.3) is 0 Å². The topological polar surface area (TPSA) is 87.0 Å². The molecule has 0 heterocycles. The highest BCUT2D eigenvalue weighted by atomic mass is 16.5. The highest BCUT2D eigenvalue weighted by molar-refractivity contribution is 5.66. The molecule has 0 fully saturated rings. The number of ether oxygens (including phenoxy) is 1. The number of aliphatic hydroxyl groups is 2. The van der Waals surface area contributed by atoms with E-state index in [1.807, 2.05) is 0 Å². The lowest BCUT2D eigenvalue weighted by Gasteiger charge is -2.33. The van der Waals surface area contributed by atoms with Crippen LogP contribution in [0.4, 0.5) is 0 Å². The third kappa shape index (κ3) is 18.4. The molecule has 0 saturated carbocycles. The first-order valence-corrected chi connectivity index (χ1v) is 14.1. The molecule has 0 radical (unpaired) electrons. The Morgan fingerprint density at radius 2 is 1.27 bits per heavy atom. The maximum absolute atomic E-state index is 11.1. The van der Waals surface area contributed by atoms with Gasteiger partial charge in [0.2, 0.25) is 0 Å². The Morgan fingerprint density at radius 3 is 1.82 bits per heavy atom. The Kier molecular flexibility index (Phi) is 22.7. The number of hydrogen-bond donors (Lipinski definition) is 3.